The molecule has 0 aliphatic rings. The third-order valence-electron chi connectivity index (χ3n) is 12.3. The molecule has 3 nitrogen and oxygen atoms in total. The molecule has 0 amide bonds. The average molecular weight is 806 g/mol. The zero-order chi connectivity index (χ0) is 41.7. The van der Waals surface area contributed by atoms with Gasteiger partial charge in [-0.25, -0.2) is 0 Å². The highest BCUT2D eigenvalue weighted by molar-refractivity contribution is 6.11. The second-order valence-corrected chi connectivity index (χ2v) is 16.0. The Morgan fingerprint density at radius 1 is 0.238 bits per heavy atom. The van der Waals surface area contributed by atoms with Crippen LogP contribution in [0.5, 0.6) is 0 Å². The number of rotatable bonds is 8. The highest BCUT2D eigenvalue weighted by Gasteiger charge is 2.19. The zero-order valence-electron chi connectivity index (χ0n) is 34.3. The molecule has 296 valence electrons. The summed E-state index contributed by atoms with van der Waals surface area (Å²) < 4.78 is 13.0. The van der Waals surface area contributed by atoms with Gasteiger partial charge in [0.25, 0.3) is 0 Å². The Morgan fingerprint density at radius 2 is 0.683 bits per heavy atom. The van der Waals surface area contributed by atoms with Crippen molar-refractivity contribution < 1.29 is 8.83 Å². The Kier molecular flexibility index (Phi) is 8.83. The molecule has 0 N–H and O–H groups in total. The Morgan fingerprint density at radius 3 is 1.30 bits per heavy atom. The van der Waals surface area contributed by atoms with Gasteiger partial charge in [0.1, 0.15) is 22.3 Å². The molecule has 0 fully saturated rings. The van der Waals surface area contributed by atoms with E-state index in [-0.39, 0.29) is 0 Å². The summed E-state index contributed by atoms with van der Waals surface area (Å²) in [5.74, 6) is 0. The zero-order valence-corrected chi connectivity index (χ0v) is 34.3. The van der Waals surface area contributed by atoms with Crippen molar-refractivity contribution in [2.45, 2.75) is 0 Å². The predicted octanol–water partition coefficient (Wildman–Crippen LogP) is 17.3. The highest BCUT2D eigenvalue weighted by Crippen LogP contribution is 2.43. The van der Waals surface area contributed by atoms with E-state index in [0.717, 1.165) is 94.3 Å². The van der Waals surface area contributed by atoms with Gasteiger partial charge >= 0.3 is 0 Å². The van der Waals surface area contributed by atoms with Crippen LogP contribution >= 0.6 is 0 Å². The molecule has 0 unspecified atom stereocenters. The summed E-state index contributed by atoms with van der Waals surface area (Å²) in [6.07, 6.45) is 0. The van der Waals surface area contributed by atoms with Crippen molar-refractivity contribution in [1.29, 1.82) is 0 Å². The van der Waals surface area contributed by atoms with E-state index in [4.69, 9.17) is 8.83 Å². The summed E-state index contributed by atoms with van der Waals surface area (Å²) in [5, 5.41) is 4.47. The molecule has 12 aromatic rings. The molecule has 0 saturated carbocycles. The van der Waals surface area contributed by atoms with Crippen LogP contribution in [0.2, 0.25) is 0 Å². The van der Waals surface area contributed by atoms with Crippen molar-refractivity contribution in [2.24, 2.45) is 0 Å². The van der Waals surface area contributed by atoms with Gasteiger partial charge < -0.3 is 13.7 Å². The molecule has 0 spiro atoms. The van der Waals surface area contributed by atoms with Gasteiger partial charge in [-0.15, -0.1) is 0 Å². The summed E-state index contributed by atoms with van der Waals surface area (Å²) in [6.45, 7) is 0. The average Bonchev–Trinajstić information content (AvgIpc) is 3.94. The molecule has 0 aliphatic carbocycles. The normalized spacial score (nSPS) is 11.5. The fourth-order valence-corrected chi connectivity index (χ4v) is 9.24. The van der Waals surface area contributed by atoms with Crippen LogP contribution in [0, 0.1) is 0 Å². The van der Waals surface area contributed by atoms with Crippen LogP contribution in [0.1, 0.15) is 0 Å². The molecule has 12 rings (SSSR count). The first-order valence-corrected chi connectivity index (χ1v) is 21.4. The largest absolute Gasteiger partial charge is 0.455 e. The number of benzene rings is 10. The summed E-state index contributed by atoms with van der Waals surface area (Å²) in [5.41, 5.74) is 18.2. The van der Waals surface area contributed by atoms with Crippen molar-refractivity contribution in [1.82, 2.24) is 0 Å². The topological polar surface area (TPSA) is 29.5 Å². The molecule has 63 heavy (non-hydrogen) atoms. The molecule has 2 aromatic heterocycles. The lowest BCUT2D eigenvalue weighted by molar-refractivity contribution is 0.669. The molecule has 10 aromatic carbocycles. The monoisotopic (exact) mass is 805 g/mol. The summed E-state index contributed by atoms with van der Waals surface area (Å²) in [7, 11) is 0. The standard InChI is InChI=1S/C60H39NO2/c1-4-14-41(15-5-1)49-36-35-48(39-55(49)43-18-8-3-9-19-43)61(47-33-28-44(29-34-47)51-22-12-23-53-52-20-10-11-25-57(52)62-59(51)53)46-31-26-40(27-32-46)45-30-37-58-56(38-45)54-24-13-21-50(60(54)63-58)42-16-6-2-7-17-42/h1-39H. The van der Waals surface area contributed by atoms with E-state index in [0.29, 0.717) is 0 Å². The Bertz CT molecular complexity index is 3590. The van der Waals surface area contributed by atoms with Crippen LogP contribution in [-0.4, -0.2) is 0 Å². The number of para-hydroxylation sites is 3. The first-order chi connectivity index (χ1) is 31.2. The van der Waals surface area contributed by atoms with E-state index in [2.05, 4.69) is 223 Å². The van der Waals surface area contributed by atoms with Crippen molar-refractivity contribution in [3.05, 3.63) is 237 Å². The number of hydrogen-bond donors (Lipinski definition) is 0. The SMILES string of the molecule is c1ccc(-c2ccc(N(c3ccc(-c4ccc5oc6c(-c7ccccc7)cccc6c5c4)cc3)c3ccc(-c4cccc5c4oc4ccccc45)cc3)cc2-c2ccccc2)cc1. The Hall–Kier alpha value is -8.40. The lowest BCUT2D eigenvalue weighted by atomic mass is 9.93. The van der Waals surface area contributed by atoms with Crippen LogP contribution in [0.3, 0.4) is 0 Å². The van der Waals surface area contributed by atoms with E-state index in [9.17, 15) is 0 Å². The minimum absolute atomic E-state index is 0.883. The first kappa shape index (κ1) is 36.5. The van der Waals surface area contributed by atoms with Crippen molar-refractivity contribution in [3.8, 4) is 55.6 Å². The molecule has 0 aliphatic heterocycles. The maximum absolute atomic E-state index is 6.52. The quantitative estimate of drug-likeness (QED) is 0.153. The predicted molar refractivity (Wildman–Crippen MR) is 263 cm³/mol. The highest BCUT2D eigenvalue weighted by atomic mass is 16.3. The van der Waals surface area contributed by atoms with Gasteiger partial charge in [-0.1, -0.05) is 182 Å². The molecule has 0 bridgehead atoms. The minimum atomic E-state index is 0.883. The summed E-state index contributed by atoms with van der Waals surface area (Å²) >= 11 is 0. The second-order valence-electron chi connectivity index (χ2n) is 16.0. The maximum Gasteiger partial charge on any atom is 0.143 e. The van der Waals surface area contributed by atoms with Crippen molar-refractivity contribution in [3.63, 3.8) is 0 Å². The van der Waals surface area contributed by atoms with Gasteiger partial charge in [-0.05, 0) is 99.1 Å². The number of anilines is 3. The van der Waals surface area contributed by atoms with E-state index in [1.165, 1.54) is 22.3 Å². The Balaban J connectivity index is 0.967. The van der Waals surface area contributed by atoms with Crippen LogP contribution in [-0.2, 0) is 0 Å². The third kappa shape index (κ3) is 6.46. The van der Waals surface area contributed by atoms with Gasteiger partial charge in [0.15, 0.2) is 0 Å². The number of fused-ring (bicyclic) bond motifs is 6. The fourth-order valence-electron chi connectivity index (χ4n) is 9.24. The van der Waals surface area contributed by atoms with E-state index in [1.807, 2.05) is 18.2 Å². The van der Waals surface area contributed by atoms with Gasteiger partial charge in [-0.3, -0.25) is 0 Å². The van der Waals surface area contributed by atoms with Crippen molar-refractivity contribution in [2.75, 3.05) is 4.90 Å². The molecule has 2 heterocycles. The maximum atomic E-state index is 6.52. The minimum Gasteiger partial charge on any atom is -0.455 e. The van der Waals surface area contributed by atoms with Crippen LogP contribution in [0.25, 0.3) is 99.5 Å². The Labute approximate surface area is 365 Å². The molecular formula is C60H39NO2. The number of hydrogen-bond acceptors (Lipinski definition) is 3. The van der Waals surface area contributed by atoms with E-state index >= 15 is 0 Å². The lowest BCUT2D eigenvalue weighted by Gasteiger charge is -2.27. The second kappa shape index (κ2) is 15.3. The van der Waals surface area contributed by atoms with E-state index < -0.39 is 0 Å². The van der Waals surface area contributed by atoms with Gasteiger partial charge in [0.2, 0.25) is 0 Å². The fraction of sp³-hybridized carbons (Fsp3) is 0. The van der Waals surface area contributed by atoms with Gasteiger partial charge in [-0.2, -0.15) is 0 Å². The smallest absolute Gasteiger partial charge is 0.143 e. The van der Waals surface area contributed by atoms with Crippen LogP contribution in [0.15, 0.2) is 245 Å². The number of nitrogens with zero attached hydrogens (tertiary/aromatic N) is 1. The molecule has 3 heteroatoms. The van der Waals surface area contributed by atoms with Gasteiger partial charge in [0.05, 0.1) is 0 Å². The van der Waals surface area contributed by atoms with Crippen molar-refractivity contribution >= 4 is 60.9 Å². The molecular weight excluding hydrogens is 767 g/mol. The van der Waals surface area contributed by atoms with Gasteiger partial charge in [0, 0.05) is 49.7 Å². The lowest BCUT2D eigenvalue weighted by Crippen LogP contribution is -2.10. The molecule has 0 saturated heterocycles. The van der Waals surface area contributed by atoms with E-state index in [1.54, 1.807) is 0 Å². The summed E-state index contributed by atoms with van der Waals surface area (Å²) in [4.78, 5) is 2.36. The molecule has 0 radical (unpaired) electrons. The molecule has 0 atom stereocenters. The van der Waals surface area contributed by atoms with Crippen LogP contribution < -0.4 is 4.90 Å². The summed E-state index contributed by atoms with van der Waals surface area (Å²) in [6, 6.07) is 84.0. The first-order valence-electron chi connectivity index (χ1n) is 21.4. The number of furan rings is 2. The third-order valence-corrected chi connectivity index (χ3v) is 12.3. The van der Waals surface area contributed by atoms with Crippen LogP contribution in [0.4, 0.5) is 17.1 Å².